The summed E-state index contributed by atoms with van der Waals surface area (Å²) in [6.45, 7) is 5.40. The fourth-order valence-corrected chi connectivity index (χ4v) is 4.72. The van der Waals surface area contributed by atoms with Crippen molar-refractivity contribution in [2.24, 2.45) is 0 Å². The number of anilines is 1. The second-order valence-corrected chi connectivity index (χ2v) is 10.0. The molecule has 1 saturated heterocycles. The highest BCUT2D eigenvalue weighted by Crippen LogP contribution is 2.18. The first-order chi connectivity index (χ1) is 15.3. The van der Waals surface area contributed by atoms with Gasteiger partial charge in [-0.1, -0.05) is 42.5 Å². The Bertz CT molecular complexity index is 1030. The highest BCUT2D eigenvalue weighted by Gasteiger charge is 2.26. The van der Waals surface area contributed by atoms with E-state index in [9.17, 15) is 18.0 Å². The van der Waals surface area contributed by atoms with Crippen LogP contribution < -0.4 is 10.6 Å². The van der Waals surface area contributed by atoms with Crippen LogP contribution in [0.4, 0.5) is 5.69 Å². The summed E-state index contributed by atoms with van der Waals surface area (Å²) in [6, 6.07) is 16.4. The third-order valence-electron chi connectivity index (χ3n) is 5.55. The summed E-state index contributed by atoms with van der Waals surface area (Å²) in [5.74, 6) is -0.432. The molecule has 1 unspecified atom stereocenters. The first-order valence-electron chi connectivity index (χ1n) is 10.7. The number of piperazine rings is 1. The molecule has 0 bridgehead atoms. The summed E-state index contributed by atoms with van der Waals surface area (Å²) < 4.78 is 25.4. The minimum atomic E-state index is -3.21. The van der Waals surface area contributed by atoms with Crippen LogP contribution in [-0.4, -0.2) is 67.9 Å². The van der Waals surface area contributed by atoms with Crippen molar-refractivity contribution < 1.29 is 18.0 Å². The van der Waals surface area contributed by atoms with Crippen LogP contribution in [0, 0.1) is 0 Å². The molecule has 0 aliphatic carbocycles. The Balaban J connectivity index is 1.58. The van der Waals surface area contributed by atoms with Crippen LogP contribution in [-0.2, 0) is 14.8 Å². The van der Waals surface area contributed by atoms with Crippen LogP contribution in [0.25, 0.3) is 0 Å². The summed E-state index contributed by atoms with van der Waals surface area (Å²) in [5, 5.41) is 5.80. The number of hydrogen-bond donors (Lipinski definition) is 2. The van der Waals surface area contributed by atoms with Crippen LogP contribution in [0.15, 0.2) is 54.6 Å². The average molecular weight is 459 g/mol. The molecule has 1 aliphatic heterocycles. The van der Waals surface area contributed by atoms with E-state index >= 15 is 0 Å². The van der Waals surface area contributed by atoms with Gasteiger partial charge < -0.3 is 10.6 Å². The number of benzene rings is 2. The molecule has 172 valence electrons. The molecule has 2 amide bonds. The standard InChI is InChI=1S/C23H30N4O4S/c1-3-32(30,31)27-15-13-26(14-16-27)17-22(28)25-21-12-8-7-11-20(21)23(29)24-18(2)19-9-5-4-6-10-19/h4-12,18H,3,13-17H2,1-2H3,(H,24,29)(H,25,28). The van der Waals surface area contributed by atoms with Gasteiger partial charge >= 0.3 is 0 Å². The van der Waals surface area contributed by atoms with Crippen molar-refractivity contribution in [1.82, 2.24) is 14.5 Å². The van der Waals surface area contributed by atoms with Gasteiger partial charge in [0.1, 0.15) is 0 Å². The van der Waals surface area contributed by atoms with E-state index in [0.717, 1.165) is 5.56 Å². The molecule has 2 aromatic rings. The maximum atomic E-state index is 12.8. The van der Waals surface area contributed by atoms with E-state index in [2.05, 4.69) is 10.6 Å². The van der Waals surface area contributed by atoms with Crippen molar-refractivity contribution in [2.45, 2.75) is 19.9 Å². The molecular formula is C23H30N4O4S. The number of carbonyl (C=O) groups is 2. The van der Waals surface area contributed by atoms with E-state index in [4.69, 9.17) is 0 Å². The molecule has 1 fully saturated rings. The molecular weight excluding hydrogens is 428 g/mol. The topological polar surface area (TPSA) is 98.8 Å². The molecule has 8 nitrogen and oxygen atoms in total. The fraction of sp³-hybridized carbons (Fsp3) is 0.391. The zero-order valence-corrected chi connectivity index (χ0v) is 19.3. The number of hydrogen-bond acceptors (Lipinski definition) is 5. The van der Waals surface area contributed by atoms with Crippen molar-refractivity contribution >= 4 is 27.5 Å². The van der Waals surface area contributed by atoms with Crippen LogP contribution in [0.5, 0.6) is 0 Å². The smallest absolute Gasteiger partial charge is 0.253 e. The molecule has 9 heteroatoms. The van der Waals surface area contributed by atoms with Crippen molar-refractivity contribution in [2.75, 3.05) is 43.8 Å². The molecule has 3 rings (SSSR count). The Hall–Kier alpha value is -2.75. The number of carbonyl (C=O) groups excluding carboxylic acids is 2. The number of para-hydroxylation sites is 1. The number of nitrogens with one attached hydrogen (secondary N) is 2. The SMILES string of the molecule is CCS(=O)(=O)N1CCN(CC(=O)Nc2ccccc2C(=O)NC(C)c2ccccc2)CC1. The number of nitrogens with zero attached hydrogens (tertiary/aromatic N) is 2. The predicted molar refractivity (Wildman–Crippen MR) is 125 cm³/mol. The van der Waals surface area contributed by atoms with Gasteiger partial charge in [-0.05, 0) is 31.5 Å². The monoisotopic (exact) mass is 458 g/mol. The Morgan fingerprint density at radius 2 is 1.59 bits per heavy atom. The minimum Gasteiger partial charge on any atom is -0.345 e. The lowest BCUT2D eigenvalue weighted by atomic mass is 10.1. The van der Waals surface area contributed by atoms with Crippen molar-refractivity contribution in [1.29, 1.82) is 0 Å². The van der Waals surface area contributed by atoms with Crippen LogP contribution in [0.3, 0.4) is 0 Å². The summed E-state index contributed by atoms with van der Waals surface area (Å²) >= 11 is 0. The van der Waals surface area contributed by atoms with E-state index < -0.39 is 10.0 Å². The zero-order valence-electron chi connectivity index (χ0n) is 18.5. The van der Waals surface area contributed by atoms with Gasteiger partial charge in [0, 0.05) is 26.2 Å². The third-order valence-corrected chi connectivity index (χ3v) is 7.43. The molecule has 0 saturated carbocycles. The maximum Gasteiger partial charge on any atom is 0.253 e. The van der Waals surface area contributed by atoms with Crippen molar-refractivity contribution in [3.63, 3.8) is 0 Å². The molecule has 1 heterocycles. The summed E-state index contributed by atoms with van der Waals surface area (Å²) in [6.07, 6.45) is 0. The predicted octanol–water partition coefficient (Wildman–Crippen LogP) is 2.08. The van der Waals surface area contributed by atoms with Crippen molar-refractivity contribution in [3.8, 4) is 0 Å². The van der Waals surface area contributed by atoms with E-state index in [1.54, 1.807) is 31.2 Å². The second-order valence-electron chi connectivity index (χ2n) is 7.78. The first kappa shape index (κ1) is 23.9. The number of rotatable bonds is 8. The van der Waals surface area contributed by atoms with Gasteiger partial charge in [0.2, 0.25) is 15.9 Å². The molecule has 0 spiro atoms. The van der Waals surface area contributed by atoms with Gasteiger partial charge in [-0.2, -0.15) is 4.31 Å². The molecule has 1 aliphatic rings. The quantitative estimate of drug-likeness (QED) is 0.631. The van der Waals surface area contributed by atoms with Crippen LogP contribution in [0.1, 0.15) is 35.8 Å². The van der Waals surface area contributed by atoms with Gasteiger partial charge in [0.05, 0.1) is 29.6 Å². The molecule has 1 atom stereocenters. The minimum absolute atomic E-state index is 0.0786. The van der Waals surface area contributed by atoms with E-state index in [-0.39, 0.29) is 30.2 Å². The Morgan fingerprint density at radius 1 is 0.969 bits per heavy atom. The van der Waals surface area contributed by atoms with E-state index in [1.165, 1.54) is 4.31 Å². The van der Waals surface area contributed by atoms with Gasteiger partial charge in [0.15, 0.2) is 0 Å². The molecule has 32 heavy (non-hydrogen) atoms. The lowest BCUT2D eigenvalue weighted by Gasteiger charge is -2.33. The lowest BCUT2D eigenvalue weighted by molar-refractivity contribution is -0.117. The molecule has 0 aromatic heterocycles. The van der Waals surface area contributed by atoms with Gasteiger partial charge in [-0.25, -0.2) is 8.42 Å². The fourth-order valence-electron chi connectivity index (χ4n) is 3.63. The summed E-state index contributed by atoms with van der Waals surface area (Å²) in [4.78, 5) is 27.4. The van der Waals surface area contributed by atoms with Crippen molar-refractivity contribution in [3.05, 3.63) is 65.7 Å². The maximum absolute atomic E-state index is 12.8. The molecule has 2 N–H and O–H groups in total. The van der Waals surface area contributed by atoms with Crippen LogP contribution >= 0.6 is 0 Å². The number of sulfonamides is 1. The average Bonchev–Trinajstić information content (AvgIpc) is 2.80. The third kappa shape index (κ3) is 6.15. The Morgan fingerprint density at radius 3 is 2.25 bits per heavy atom. The summed E-state index contributed by atoms with van der Waals surface area (Å²) in [7, 11) is -3.21. The normalized spacial score (nSPS) is 16.3. The zero-order chi connectivity index (χ0) is 23.1. The summed E-state index contributed by atoms with van der Waals surface area (Å²) in [5.41, 5.74) is 1.83. The Labute approximate surface area is 189 Å². The second kappa shape index (κ2) is 10.7. The Kier molecular flexibility index (Phi) is 8.00. The van der Waals surface area contributed by atoms with Gasteiger partial charge in [-0.15, -0.1) is 0 Å². The lowest BCUT2D eigenvalue weighted by Crippen LogP contribution is -2.50. The van der Waals surface area contributed by atoms with Gasteiger partial charge in [-0.3, -0.25) is 14.5 Å². The number of amides is 2. The van der Waals surface area contributed by atoms with E-state index in [0.29, 0.717) is 37.4 Å². The first-order valence-corrected chi connectivity index (χ1v) is 12.4. The van der Waals surface area contributed by atoms with Gasteiger partial charge in [0.25, 0.3) is 5.91 Å². The largest absolute Gasteiger partial charge is 0.345 e. The van der Waals surface area contributed by atoms with Crippen LogP contribution in [0.2, 0.25) is 0 Å². The highest BCUT2D eigenvalue weighted by molar-refractivity contribution is 7.89. The van der Waals surface area contributed by atoms with E-state index in [1.807, 2.05) is 42.2 Å². The molecule has 2 aromatic carbocycles. The molecule has 0 radical (unpaired) electrons. The highest BCUT2D eigenvalue weighted by atomic mass is 32.2.